The molecule has 0 saturated carbocycles. The molecule has 6 nitrogen and oxygen atoms in total. The molecule has 122 valence electrons. The minimum absolute atomic E-state index is 0.00649. The van der Waals surface area contributed by atoms with Crippen LogP contribution < -0.4 is 11.5 Å². The van der Waals surface area contributed by atoms with Crippen LogP contribution in [0.3, 0.4) is 0 Å². The van der Waals surface area contributed by atoms with E-state index in [1.807, 2.05) is 24.3 Å². The molecular formula is C15H17N3O3S2. The van der Waals surface area contributed by atoms with Gasteiger partial charge in [-0.15, -0.1) is 0 Å². The number of carboxylic acid groups (broad SMARTS) is 1. The average Bonchev–Trinajstić information content (AvgIpc) is 2.74. The summed E-state index contributed by atoms with van der Waals surface area (Å²) in [5, 5.41) is 8.66. The lowest BCUT2D eigenvalue weighted by atomic mass is 10.1. The first-order chi connectivity index (χ1) is 10.9. The van der Waals surface area contributed by atoms with Crippen molar-refractivity contribution >= 4 is 46.3 Å². The lowest BCUT2D eigenvalue weighted by molar-refractivity contribution is -0.137. The maximum Gasteiger partial charge on any atom is 0.303 e. The van der Waals surface area contributed by atoms with Crippen LogP contribution in [-0.4, -0.2) is 32.7 Å². The van der Waals surface area contributed by atoms with Gasteiger partial charge in [-0.05, 0) is 29.7 Å². The standard InChI is InChI=1S/C15H17N3O3S2/c16-13(17)10-4-1-3-9(7-10)8-11-14(21)18(15(22)23-11)6-2-5-12(19)20/h1,3-4,7-8,13H,2,5-6,16-17H2,(H,19,20). The average molecular weight is 351 g/mol. The van der Waals surface area contributed by atoms with Crippen LogP contribution in [0.4, 0.5) is 0 Å². The van der Waals surface area contributed by atoms with Crippen LogP contribution in [0.1, 0.15) is 30.1 Å². The molecule has 0 unspecified atom stereocenters. The van der Waals surface area contributed by atoms with Crippen molar-refractivity contribution < 1.29 is 14.7 Å². The van der Waals surface area contributed by atoms with Gasteiger partial charge in [0, 0.05) is 13.0 Å². The van der Waals surface area contributed by atoms with Gasteiger partial charge in [-0.3, -0.25) is 14.5 Å². The van der Waals surface area contributed by atoms with E-state index < -0.39 is 12.1 Å². The Morgan fingerprint density at radius 3 is 2.83 bits per heavy atom. The molecule has 5 N–H and O–H groups in total. The summed E-state index contributed by atoms with van der Waals surface area (Å²) in [7, 11) is 0. The van der Waals surface area contributed by atoms with E-state index in [2.05, 4.69) is 0 Å². The lowest BCUT2D eigenvalue weighted by Gasteiger charge is -2.13. The molecule has 2 rings (SSSR count). The van der Waals surface area contributed by atoms with Crippen molar-refractivity contribution in [2.45, 2.75) is 19.0 Å². The number of carbonyl (C=O) groups is 2. The van der Waals surface area contributed by atoms with Gasteiger partial charge in [-0.25, -0.2) is 0 Å². The molecule has 1 aliphatic rings. The van der Waals surface area contributed by atoms with Crippen molar-refractivity contribution in [3.8, 4) is 0 Å². The van der Waals surface area contributed by atoms with E-state index in [9.17, 15) is 9.59 Å². The fourth-order valence-corrected chi connectivity index (χ4v) is 3.40. The van der Waals surface area contributed by atoms with Gasteiger partial charge >= 0.3 is 5.97 Å². The third-order valence-corrected chi connectivity index (χ3v) is 4.62. The second-order valence-corrected chi connectivity index (χ2v) is 6.70. The quantitative estimate of drug-likeness (QED) is 0.406. The van der Waals surface area contributed by atoms with Crippen molar-refractivity contribution in [1.29, 1.82) is 0 Å². The summed E-state index contributed by atoms with van der Waals surface area (Å²) in [6.07, 6.45) is 1.54. The Morgan fingerprint density at radius 2 is 2.17 bits per heavy atom. The molecular weight excluding hydrogens is 334 g/mol. The summed E-state index contributed by atoms with van der Waals surface area (Å²) < 4.78 is 0.443. The summed E-state index contributed by atoms with van der Waals surface area (Å²) in [5.41, 5.74) is 12.9. The third kappa shape index (κ3) is 4.61. The number of carboxylic acids is 1. The number of thiocarbonyl (C=S) groups is 1. The first-order valence-corrected chi connectivity index (χ1v) is 8.19. The number of thioether (sulfide) groups is 1. The Balaban J connectivity index is 2.12. The topological polar surface area (TPSA) is 110 Å². The molecule has 1 saturated heterocycles. The number of carbonyl (C=O) groups excluding carboxylic acids is 1. The molecule has 0 aromatic heterocycles. The number of hydrogen-bond donors (Lipinski definition) is 3. The minimum atomic E-state index is -0.888. The number of hydrogen-bond acceptors (Lipinski definition) is 6. The molecule has 1 aliphatic heterocycles. The van der Waals surface area contributed by atoms with E-state index in [0.29, 0.717) is 22.2 Å². The largest absolute Gasteiger partial charge is 0.481 e. The number of rotatable bonds is 6. The molecule has 1 aromatic rings. The van der Waals surface area contributed by atoms with Gasteiger partial charge in [0.05, 0.1) is 11.1 Å². The van der Waals surface area contributed by atoms with Crippen molar-refractivity contribution in [2.75, 3.05) is 6.54 Å². The Hall–Kier alpha value is -1.74. The van der Waals surface area contributed by atoms with E-state index >= 15 is 0 Å². The normalized spacial score (nSPS) is 16.7. The zero-order valence-corrected chi connectivity index (χ0v) is 13.9. The van der Waals surface area contributed by atoms with E-state index in [0.717, 1.165) is 11.1 Å². The van der Waals surface area contributed by atoms with Gasteiger partial charge in [-0.2, -0.15) is 0 Å². The van der Waals surface area contributed by atoms with E-state index in [1.165, 1.54) is 16.7 Å². The van der Waals surface area contributed by atoms with E-state index in [4.69, 9.17) is 28.8 Å². The fraction of sp³-hybridized carbons (Fsp3) is 0.267. The van der Waals surface area contributed by atoms with Crippen LogP contribution in [-0.2, 0) is 9.59 Å². The monoisotopic (exact) mass is 351 g/mol. The highest BCUT2D eigenvalue weighted by atomic mass is 32.2. The van der Waals surface area contributed by atoms with E-state index in [1.54, 1.807) is 6.08 Å². The highest BCUT2D eigenvalue weighted by Gasteiger charge is 2.31. The van der Waals surface area contributed by atoms with Crippen molar-refractivity contribution in [1.82, 2.24) is 4.90 Å². The van der Waals surface area contributed by atoms with Crippen molar-refractivity contribution in [3.63, 3.8) is 0 Å². The number of benzene rings is 1. The maximum absolute atomic E-state index is 12.4. The van der Waals surface area contributed by atoms with Gasteiger partial charge in [0.25, 0.3) is 5.91 Å². The van der Waals surface area contributed by atoms with Crippen LogP contribution in [0.2, 0.25) is 0 Å². The Labute approximate surface area is 143 Å². The van der Waals surface area contributed by atoms with Crippen LogP contribution in [0.15, 0.2) is 29.2 Å². The molecule has 8 heteroatoms. The first-order valence-electron chi connectivity index (χ1n) is 6.97. The Morgan fingerprint density at radius 1 is 1.43 bits per heavy atom. The second-order valence-electron chi connectivity index (χ2n) is 5.03. The molecule has 0 radical (unpaired) electrons. The maximum atomic E-state index is 12.4. The summed E-state index contributed by atoms with van der Waals surface area (Å²) in [4.78, 5) is 24.9. The highest BCUT2D eigenvalue weighted by Crippen LogP contribution is 2.32. The second kappa shape index (κ2) is 7.69. The summed E-state index contributed by atoms with van der Waals surface area (Å²) >= 11 is 6.41. The van der Waals surface area contributed by atoms with E-state index in [-0.39, 0.29) is 12.3 Å². The number of amides is 1. The Bertz CT molecular complexity index is 674. The smallest absolute Gasteiger partial charge is 0.303 e. The van der Waals surface area contributed by atoms with Crippen LogP contribution >= 0.6 is 24.0 Å². The van der Waals surface area contributed by atoms with Gasteiger partial charge in [0.15, 0.2) is 0 Å². The van der Waals surface area contributed by atoms with Gasteiger partial charge in [0.1, 0.15) is 4.32 Å². The highest BCUT2D eigenvalue weighted by molar-refractivity contribution is 8.26. The summed E-state index contributed by atoms with van der Waals surface area (Å²) in [6, 6.07) is 7.31. The molecule has 0 bridgehead atoms. The molecule has 0 atom stereocenters. The van der Waals surface area contributed by atoms with Crippen LogP contribution in [0.25, 0.3) is 6.08 Å². The van der Waals surface area contributed by atoms with Gasteiger partial charge in [-0.1, -0.05) is 42.2 Å². The molecule has 1 amide bonds. The number of nitrogens with zero attached hydrogens (tertiary/aromatic N) is 1. The number of aliphatic carboxylic acids is 1. The minimum Gasteiger partial charge on any atom is -0.481 e. The predicted octanol–water partition coefficient (Wildman–Crippen LogP) is 1.67. The van der Waals surface area contributed by atoms with Gasteiger partial charge in [0.2, 0.25) is 0 Å². The third-order valence-electron chi connectivity index (χ3n) is 3.24. The number of nitrogens with two attached hydrogens (primary N) is 2. The summed E-state index contributed by atoms with van der Waals surface area (Å²) in [5.74, 6) is -1.09. The Kier molecular flexibility index (Phi) is 5.89. The lowest BCUT2D eigenvalue weighted by Crippen LogP contribution is -2.29. The van der Waals surface area contributed by atoms with Crippen LogP contribution in [0, 0.1) is 0 Å². The SMILES string of the molecule is NC(N)c1cccc(C=C2SC(=S)N(CCCC(=O)O)C2=O)c1. The summed E-state index contributed by atoms with van der Waals surface area (Å²) in [6.45, 7) is 0.308. The van der Waals surface area contributed by atoms with Crippen LogP contribution in [0.5, 0.6) is 0 Å². The van der Waals surface area contributed by atoms with Crippen molar-refractivity contribution in [3.05, 3.63) is 40.3 Å². The fourth-order valence-electron chi connectivity index (χ4n) is 2.09. The van der Waals surface area contributed by atoms with Gasteiger partial charge < -0.3 is 16.6 Å². The zero-order chi connectivity index (χ0) is 17.0. The van der Waals surface area contributed by atoms with Crippen molar-refractivity contribution in [2.24, 2.45) is 11.5 Å². The molecule has 0 spiro atoms. The zero-order valence-electron chi connectivity index (χ0n) is 12.3. The molecule has 1 fully saturated rings. The molecule has 1 heterocycles. The molecule has 1 aromatic carbocycles. The predicted molar refractivity (Wildman–Crippen MR) is 94.3 cm³/mol. The molecule has 0 aliphatic carbocycles. The molecule has 23 heavy (non-hydrogen) atoms. The first kappa shape index (κ1) is 17.6.